The molecule has 1 aromatic heterocycles. The van der Waals surface area contributed by atoms with Crippen LogP contribution < -0.4 is 16.6 Å². The summed E-state index contributed by atoms with van der Waals surface area (Å²) >= 11 is 5.87. The van der Waals surface area contributed by atoms with Gasteiger partial charge < -0.3 is 10.1 Å². The van der Waals surface area contributed by atoms with Crippen LogP contribution in [0.25, 0.3) is 0 Å². The average molecular weight is 232 g/mol. The summed E-state index contributed by atoms with van der Waals surface area (Å²) in [6.07, 6.45) is 1.48. The van der Waals surface area contributed by atoms with E-state index < -0.39 is 0 Å². The molecule has 0 aliphatic carbocycles. The second kappa shape index (κ2) is 6.39. The molecule has 84 valence electrons. The van der Waals surface area contributed by atoms with Crippen molar-refractivity contribution in [3.05, 3.63) is 11.2 Å². The van der Waals surface area contributed by atoms with Crippen LogP contribution in [0.2, 0.25) is 5.02 Å². The summed E-state index contributed by atoms with van der Waals surface area (Å²) in [7, 11) is 0. The molecule has 6 nitrogen and oxygen atoms in total. The van der Waals surface area contributed by atoms with E-state index >= 15 is 0 Å². The van der Waals surface area contributed by atoms with E-state index in [1.165, 1.54) is 6.20 Å². The third kappa shape index (κ3) is 3.86. The maximum atomic E-state index is 5.87. The molecule has 0 amide bonds. The van der Waals surface area contributed by atoms with Gasteiger partial charge in [0.05, 0.1) is 12.8 Å². The largest absolute Gasteiger partial charge is 0.380 e. The molecular formula is C8H14ClN5O. The Kier molecular flexibility index (Phi) is 5.09. The van der Waals surface area contributed by atoms with Crippen LogP contribution >= 0.6 is 11.6 Å². The predicted molar refractivity (Wildman–Crippen MR) is 59.8 cm³/mol. The van der Waals surface area contributed by atoms with Gasteiger partial charge in [0.15, 0.2) is 5.82 Å². The molecule has 7 heteroatoms. The van der Waals surface area contributed by atoms with Crippen molar-refractivity contribution in [1.29, 1.82) is 0 Å². The van der Waals surface area contributed by atoms with E-state index in [9.17, 15) is 0 Å². The van der Waals surface area contributed by atoms with Crippen molar-refractivity contribution >= 4 is 23.4 Å². The highest BCUT2D eigenvalue weighted by Crippen LogP contribution is 2.18. The number of rotatable bonds is 6. The Balaban J connectivity index is 2.51. The van der Waals surface area contributed by atoms with Crippen LogP contribution in [0.15, 0.2) is 6.20 Å². The van der Waals surface area contributed by atoms with Crippen LogP contribution in [0.5, 0.6) is 0 Å². The smallest absolute Gasteiger partial charge is 0.239 e. The summed E-state index contributed by atoms with van der Waals surface area (Å²) in [5, 5.41) is 3.47. The average Bonchev–Trinajstić information content (AvgIpc) is 2.26. The van der Waals surface area contributed by atoms with Crippen molar-refractivity contribution in [3.8, 4) is 0 Å². The maximum Gasteiger partial charge on any atom is 0.239 e. The number of nitrogen functional groups attached to an aromatic ring is 1. The third-order valence-electron chi connectivity index (χ3n) is 1.62. The molecule has 0 radical (unpaired) electrons. The topological polar surface area (TPSA) is 85.1 Å². The molecule has 4 N–H and O–H groups in total. The lowest BCUT2D eigenvalue weighted by Crippen LogP contribution is -2.14. The minimum Gasteiger partial charge on any atom is -0.380 e. The molecule has 0 spiro atoms. The first-order valence-electron chi connectivity index (χ1n) is 4.58. The summed E-state index contributed by atoms with van der Waals surface area (Å²) < 4.78 is 5.16. The number of hydrazine groups is 1. The van der Waals surface area contributed by atoms with Crippen LogP contribution in [0, 0.1) is 0 Å². The highest BCUT2D eigenvalue weighted by molar-refractivity contribution is 6.32. The van der Waals surface area contributed by atoms with Gasteiger partial charge in [0, 0.05) is 13.2 Å². The molecule has 0 aromatic carbocycles. The summed E-state index contributed by atoms with van der Waals surface area (Å²) in [6, 6.07) is 0. The minimum atomic E-state index is 0.318. The van der Waals surface area contributed by atoms with Gasteiger partial charge in [0.25, 0.3) is 0 Å². The monoisotopic (exact) mass is 231 g/mol. The van der Waals surface area contributed by atoms with E-state index in [0.29, 0.717) is 36.5 Å². The Bertz CT molecular complexity index is 309. The van der Waals surface area contributed by atoms with Crippen molar-refractivity contribution in [2.75, 3.05) is 30.5 Å². The highest BCUT2D eigenvalue weighted by Gasteiger charge is 2.03. The van der Waals surface area contributed by atoms with Gasteiger partial charge in [-0.05, 0) is 6.92 Å². The van der Waals surface area contributed by atoms with Crippen LogP contribution in [0.3, 0.4) is 0 Å². The van der Waals surface area contributed by atoms with E-state index in [0.717, 1.165) is 0 Å². The summed E-state index contributed by atoms with van der Waals surface area (Å²) in [6.45, 7) is 3.86. The van der Waals surface area contributed by atoms with Gasteiger partial charge in [0.2, 0.25) is 5.95 Å². The molecular weight excluding hydrogens is 218 g/mol. The summed E-state index contributed by atoms with van der Waals surface area (Å²) in [5.74, 6) is 6.03. The van der Waals surface area contributed by atoms with Crippen molar-refractivity contribution in [2.24, 2.45) is 5.84 Å². The Morgan fingerprint density at radius 1 is 1.60 bits per heavy atom. The van der Waals surface area contributed by atoms with Gasteiger partial charge in [-0.15, -0.1) is 0 Å². The summed E-state index contributed by atoms with van der Waals surface area (Å²) in [5.41, 5.74) is 2.34. The predicted octanol–water partition coefficient (Wildman–Crippen LogP) is 0.864. The molecule has 0 saturated carbocycles. The Hall–Kier alpha value is -1.11. The molecule has 1 aromatic rings. The lowest BCUT2D eigenvalue weighted by molar-refractivity contribution is 0.158. The number of hydrogen-bond acceptors (Lipinski definition) is 6. The quantitative estimate of drug-likeness (QED) is 0.383. The zero-order valence-corrected chi connectivity index (χ0v) is 9.21. The Morgan fingerprint density at radius 3 is 3.07 bits per heavy atom. The molecule has 1 heterocycles. The Morgan fingerprint density at radius 2 is 2.40 bits per heavy atom. The van der Waals surface area contributed by atoms with E-state index in [4.69, 9.17) is 22.2 Å². The first-order chi connectivity index (χ1) is 7.27. The fourth-order valence-corrected chi connectivity index (χ4v) is 1.10. The van der Waals surface area contributed by atoms with E-state index in [-0.39, 0.29) is 0 Å². The lowest BCUT2D eigenvalue weighted by atomic mass is 10.5. The molecule has 15 heavy (non-hydrogen) atoms. The Labute approximate surface area is 93.2 Å². The van der Waals surface area contributed by atoms with Gasteiger partial charge in [-0.3, -0.25) is 5.43 Å². The number of aromatic nitrogens is 2. The number of halogens is 1. The molecule has 0 aliphatic heterocycles. The number of nitrogens with zero attached hydrogens (tertiary/aromatic N) is 2. The first kappa shape index (κ1) is 12.0. The molecule has 1 rings (SSSR count). The summed E-state index contributed by atoms with van der Waals surface area (Å²) in [4.78, 5) is 7.89. The van der Waals surface area contributed by atoms with Crippen molar-refractivity contribution < 1.29 is 4.74 Å². The van der Waals surface area contributed by atoms with Gasteiger partial charge in [-0.25, -0.2) is 10.8 Å². The van der Waals surface area contributed by atoms with Gasteiger partial charge >= 0.3 is 0 Å². The fourth-order valence-electron chi connectivity index (χ4n) is 0.947. The van der Waals surface area contributed by atoms with Gasteiger partial charge in [-0.2, -0.15) is 4.98 Å². The van der Waals surface area contributed by atoms with E-state index in [1.807, 2.05) is 6.92 Å². The van der Waals surface area contributed by atoms with Crippen LogP contribution in [-0.2, 0) is 4.74 Å². The van der Waals surface area contributed by atoms with Gasteiger partial charge in [0.1, 0.15) is 5.02 Å². The van der Waals surface area contributed by atoms with Crippen molar-refractivity contribution in [3.63, 3.8) is 0 Å². The number of hydrogen-bond donors (Lipinski definition) is 3. The molecule has 0 bridgehead atoms. The maximum absolute atomic E-state index is 5.87. The third-order valence-corrected chi connectivity index (χ3v) is 1.89. The second-order valence-electron chi connectivity index (χ2n) is 2.66. The number of nitrogens with two attached hydrogens (primary N) is 1. The molecule has 0 atom stereocenters. The van der Waals surface area contributed by atoms with Crippen LogP contribution in [0.4, 0.5) is 11.8 Å². The molecule has 0 fully saturated rings. The first-order valence-corrected chi connectivity index (χ1v) is 4.96. The second-order valence-corrected chi connectivity index (χ2v) is 3.07. The number of anilines is 2. The van der Waals surface area contributed by atoms with Crippen LogP contribution in [0.1, 0.15) is 6.92 Å². The number of ether oxygens (including phenoxy) is 1. The minimum absolute atomic E-state index is 0.318. The number of nitrogens with one attached hydrogen (secondary N) is 2. The fraction of sp³-hybridized carbons (Fsp3) is 0.500. The van der Waals surface area contributed by atoms with E-state index in [1.54, 1.807) is 0 Å². The zero-order valence-electron chi connectivity index (χ0n) is 8.46. The standard InChI is InChI=1S/C8H14ClN5O/c1-2-15-4-3-11-7-6(9)5-12-8(13-7)14-10/h5H,2-4,10H2,1H3,(H2,11,12,13,14). The highest BCUT2D eigenvalue weighted by atomic mass is 35.5. The molecule has 0 aliphatic rings. The normalized spacial score (nSPS) is 10.1. The zero-order chi connectivity index (χ0) is 11.1. The van der Waals surface area contributed by atoms with E-state index in [2.05, 4.69) is 20.7 Å². The SMILES string of the molecule is CCOCCNc1nc(NN)ncc1Cl. The van der Waals surface area contributed by atoms with Crippen molar-refractivity contribution in [1.82, 2.24) is 9.97 Å². The molecule has 0 saturated heterocycles. The lowest BCUT2D eigenvalue weighted by Gasteiger charge is -2.08. The van der Waals surface area contributed by atoms with Crippen LogP contribution in [-0.4, -0.2) is 29.7 Å². The molecule has 0 unspecified atom stereocenters. The van der Waals surface area contributed by atoms with Gasteiger partial charge in [-0.1, -0.05) is 11.6 Å². The van der Waals surface area contributed by atoms with Crippen molar-refractivity contribution in [2.45, 2.75) is 6.92 Å².